The average Bonchev–Trinajstić information content (AvgIpc) is 2.48. The topological polar surface area (TPSA) is 42.9 Å². The predicted octanol–water partition coefficient (Wildman–Crippen LogP) is 2.62. The average molecular weight is 453 g/mol. The lowest BCUT2D eigenvalue weighted by atomic mass is 9.99. The van der Waals surface area contributed by atoms with E-state index in [2.05, 4.69) is 62.1 Å². The van der Waals surface area contributed by atoms with Crippen molar-refractivity contribution in [1.82, 2.24) is 20.4 Å². The summed E-state index contributed by atoms with van der Waals surface area (Å²) in [6.07, 6.45) is 2.61. The van der Waals surface area contributed by atoms with Gasteiger partial charge in [-0.15, -0.1) is 24.0 Å². The molecule has 0 aliphatic carbocycles. The van der Waals surface area contributed by atoms with Gasteiger partial charge in [-0.2, -0.15) is 0 Å². The second-order valence-corrected chi connectivity index (χ2v) is 7.34. The van der Waals surface area contributed by atoms with Crippen LogP contribution in [0.4, 0.5) is 0 Å². The summed E-state index contributed by atoms with van der Waals surface area (Å²) in [5, 5.41) is 6.87. The zero-order valence-electron chi connectivity index (χ0n) is 16.6. The summed E-state index contributed by atoms with van der Waals surface area (Å²) in [7, 11) is 2.21. The minimum Gasteiger partial charge on any atom is -0.357 e. The molecular weight excluding hydrogens is 413 g/mol. The molecule has 1 atom stereocenters. The molecule has 0 saturated carbocycles. The van der Waals surface area contributed by atoms with Crippen molar-refractivity contribution in [2.45, 2.75) is 59.5 Å². The molecule has 0 amide bonds. The van der Waals surface area contributed by atoms with Crippen molar-refractivity contribution in [3.63, 3.8) is 0 Å². The highest BCUT2D eigenvalue weighted by molar-refractivity contribution is 14.0. The Labute approximate surface area is 167 Å². The van der Waals surface area contributed by atoms with E-state index in [-0.39, 0.29) is 24.0 Å². The van der Waals surface area contributed by atoms with Gasteiger partial charge < -0.3 is 15.5 Å². The van der Waals surface area contributed by atoms with Gasteiger partial charge in [-0.1, -0.05) is 0 Å². The normalized spacial score (nSPS) is 19.7. The molecule has 1 unspecified atom stereocenters. The largest absolute Gasteiger partial charge is 0.357 e. The Morgan fingerprint density at radius 1 is 1.21 bits per heavy atom. The van der Waals surface area contributed by atoms with Crippen LogP contribution in [0.2, 0.25) is 0 Å². The Kier molecular flexibility index (Phi) is 13.1. The number of hydrogen-bond acceptors (Lipinski definition) is 3. The van der Waals surface area contributed by atoms with Crippen LogP contribution in [0.3, 0.4) is 0 Å². The summed E-state index contributed by atoms with van der Waals surface area (Å²) in [6.45, 7) is 17.4. The molecule has 0 aromatic heterocycles. The molecule has 0 bridgehead atoms. The van der Waals surface area contributed by atoms with Crippen LogP contribution in [0.1, 0.15) is 47.5 Å². The van der Waals surface area contributed by atoms with E-state index in [9.17, 15) is 0 Å². The van der Waals surface area contributed by atoms with E-state index in [0.717, 1.165) is 32.1 Å². The van der Waals surface area contributed by atoms with Gasteiger partial charge in [-0.25, -0.2) is 0 Å². The summed E-state index contributed by atoms with van der Waals surface area (Å²) in [4.78, 5) is 9.74. The molecule has 0 spiro atoms. The summed E-state index contributed by atoms with van der Waals surface area (Å²) in [6, 6.07) is 1.16. The van der Waals surface area contributed by atoms with Crippen LogP contribution in [-0.4, -0.2) is 74.2 Å². The molecule has 1 aliphatic heterocycles. The van der Waals surface area contributed by atoms with Gasteiger partial charge in [-0.3, -0.25) is 9.89 Å². The summed E-state index contributed by atoms with van der Waals surface area (Å²) in [5.41, 5.74) is 0. The molecule has 1 saturated heterocycles. The molecule has 0 aromatic rings. The first-order valence-electron chi connectivity index (χ1n) is 9.40. The number of guanidine groups is 1. The maximum Gasteiger partial charge on any atom is 0.191 e. The fourth-order valence-corrected chi connectivity index (χ4v) is 3.40. The molecule has 144 valence electrons. The van der Waals surface area contributed by atoms with Crippen molar-refractivity contribution < 1.29 is 0 Å². The number of nitrogens with one attached hydrogen (secondary N) is 2. The van der Waals surface area contributed by atoms with E-state index < -0.39 is 0 Å². The van der Waals surface area contributed by atoms with Gasteiger partial charge in [0.2, 0.25) is 0 Å². The van der Waals surface area contributed by atoms with Gasteiger partial charge in [0.05, 0.1) is 0 Å². The minimum atomic E-state index is 0. The Morgan fingerprint density at radius 2 is 1.88 bits per heavy atom. The van der Waals surface area contributed by atoms with Crippen molar-refractivity contribution >= 4 is 29.9 Å². The molecule has 24 heavy (non-hydrogen) atoms. The Hall–Kier alpha value is -0.0800. The summed E-state index contributed by atoms with van der Waals surface area (Å²) >= 11 is 0. The van der Waals surface area contributed by atoms with Gasteiger partial charge in [0.15, 0.2) is 5.96 Å². The smallest absolute Gasteiger partial charge is 0.191 e. The third-order valence-electron chi connectivity index (χ3n) is 4.56. The lowest BCUT2D eigenvalue weighted by Gasteiger charge is -2.31. The van der Waals surface area contributed by atoms with Crippen LogP contribution < -0.4 is 10.6 Å². The van der Waals surface area contributed by atoms with E-state index in [1.165, 1.54) is 25.9 Å². The van der Waals surface area contributed by atoms with E-state index >= 15 is 0 Å². The molecule has 0 aromatic carbocycles. The fourth-order valence-electron chi connectivity index (χ4n) is 3.40. The van der Waals surface area contributed by atoms with Crippen LogP contribution >= 0.6 is 24.0 Å². The molecule has 1 heterocycles. The van der Waals surface area contributed by atoms with Crippen molar-refractivity contribution in [2.75, 3.05) is 46.3 Å². The van der Waals surface area contributed by atoms with Gasteiger partial charge in [-0.05, 0) is 67.0 Å². The number of halogens is 1. The quantitative estimate of drug-likeness (QED) is 0.337. The predicted molar refractivity (Wildman–Crippen MR) is 117 cm³/mol. The highest BCUT2D eigenvalue weighted by atomic mass is 127. The van der Waals surface area contributed by atoms with Crippen LogP contribution in [0.5, 0.6) is 0 Å². The zero-order chi connectivity index (χ0) is 17.2. The summed E-state index contributed by atoms with van der Waals surface area (Å²) < 4.78 is 0. The second kappa shape index (κ2) is 13.2. The second-order valence-electron chi connectivity index (χ2n) is 7.34. The number of likely N-dealkylation sites (tertiary alicyclic amines) is 1. The number of nitrogens with zero attached hydrogens (tertiary/aromatic N) is 3. The Morgan fingerprint density at radius 3 is 2.42 bits per heavy atom. The number of hydrogen-bond donors (Lipinski definition) is 2. The van der Waals surface area contributed by atoms with Gasteiger partial charge >= 0.3 is 0 Å². The SMILES string of the molecule is CCNC(=NCC1CCCN(C)C1)NCCN(C(C)C)C(C)C.I. The van der Waals surface area contributed by atoms with Crippen molar-refractivity contribution in [2.24, 2.45) is 10.9 Å². The first kappa shape index (κ1) is 23.9. The Balaban J connectivity index is 0.00000529. The van der Waals surface area contributed by atoms with Crippen LogP contribution in [-0.2, 0) is 0 Å². The van der Waals surface area contributed by atoms with Crippen molar-refractivity contribution in [3.05, 3.63) is 0 Å². The number of piperidine rings is 1. The molecule has 1 fully saturated rings. The summed E-state index contributed by atoms with van der Waals surface area (Å²) in [5.74, 6) is 1.67. The zero-order valence-corrected chi connectivity index (χ0v) is 19.0. The third kappa shape index (κ3) is 9.42. The first-order chi connectivity index (χ1) is 10.9. The Bertz CT molecular complexity index is 338. The molecule has 5 nitrogen and oxygen atoms in total. The first-order valence-corrected chi connectivity index (χ1v) is 9.40. The highest BCUT2D eigenvalue weighted by Crippen LogP contribution is 2.14. The molecular formula is C18H40IN5. The number of rotatable bonds is 8. The van der Waals surface area contributed by atoms with E-state index in [1.807, 2.05) is 0 Å². The standard InChI is InChI=1S/C18H39N5.HI/c1-7-19-18(20-10-12-23(15(2)3)16(4)5)21-13-17-9-8-11-22(6)14-17;/h15-17H,7-14H2,1-6H3,(H2,19,20,21);1H. The van der Waals surface area contributed by atoms with E-state index in [4.69, 9.17) is 4.99 Å². The molecule has 0 radical (unpaired) electrons. The molecule has 1 rings (SSSR count). The number of aliphatic imine (C=N–C) groups is 1. The van der Waals surface area contributed by atoms with Gasteiger partial charge in [0.25, 0.3) is 0 Å². The minimum absolute atomic E-state index is 0. The van der Waals surface area contributed by atoms with E-state index in [1.54, 1.807) is 0 Å². The van der Waals surface area contributed by atoms with Crippen molar-refractivity contribution in [1.29, 1.82) is 0 Å². The lowest BCUT2D eigenvalue weighted by Crippen LogP contribution is -2.45. The molecule has 2 N–H and O–H groups in total. The maximum atomic E-state index is 4.81. The maximum absolute atomic E-state index is 4.81. The highest BCUT2D eigenvalue weighted by Gasteiger charge is 2.17. The third-order valence-corrected chi connectivity index (χ3v) is 4.56. The van der Waals surface area contributed by atoms with E-state index in [0.29, 0.717) is 18.0 Å². The lowest BCUT2D eigenvalue weighted by molar-refractivity contribution is 0.178. The van der Waals surface area contributed by atoms with Crippen molar-refractivity contribution in [3.8, 4) is 0 Å². The fraction of sp³-hybridized carbons (Fsp3) is 0.944. The molecule has 6 heteroatoms. The van der Waals surface area contributed by atoms with Crippen LogP contribution in [0, 0.1) is 5.92 Å². The van der Waals surface area contributed by atoms with Gasteiger partial charge in [0, 0.05) is 44.8 Å². The van der Waals surface area contributed by atoms with Crippen LogP contribution in [0.25, 0.3) is 0 Å². The molecule has 1 aliphatic rings. The van der Waals surface area contributed by atoms with Crippen LogP contribution in [0.15, 0.2) is 4.99 Å². The van der Waals surface area contributed by atoms with Gasteiger partial charge in [0.1, 0.15) is 0 Å². The monoisotopic (exact) mass is 453 g/mol.